The smallest absolute Gasteiger partial charge is 0.221 e. The van der Waals surface area contributed by atoms with Gasteiger partial charge in [-0.25, -0.2) is 0 Å². The van der Waals surface area contributed by atoms with E-state index in [1.807, 2.05) is 0 Å². The van der Waals surface area contributed by atoms with Crippen LogP contribution in [0, 0.1) is 0 Å². The van der Waals surface area contributed by atoms with Gasteiger partial charge in [-0.3, -0.25) is 4.79 Å². The molecule has 1 unspecified atom stereocenters. The van der Waals surface area contributed by atoms with E-state index in [-0.39, 0.29) is 18.6 Å². The van der Waals surface area contributed by atoms with Gasteiger partial charge in [0.25, 0.3) is 0 Å². The summed E-state index contributed by atoms with van der Waals surface area (Å²) in [6.07, 6.45) is 13.0. The van der Waals surface area contributed by atoms with Crippen LogP contribution in [0.15, 0.2) is 0 Å². The molecule has 0 rings (SSSR count). The Kier molecular flexibility index (Phi) is 16.3. The zero-order valence-electron chi connectivity index (χ0n) is 14.8. The molecular formula is C18H38N2O2. The molecule has 0 spiro atoms. The van der Waals surface area contributed by atoms with Gasteiger partial charge in [-0.1, -0.05) is 58.3 Å². The zero-order valence-corrected chi connectivity index (χ0v) is 14.8. The predicted octanol–water partition coefficient (Wildman–Crippen LogP) is 3.38. The minimum absolute atomic E-state index is 0.128. The van der Waals surface area contributed by atoms with Crippen LogP contribution in [-0.4, -0.2) is 36.8 Å². The molecule has 4 heteroatoms. The molecule has 0 aliphatic carbocycles. The third kappa shape index (κ3) is 15.8. The van der Waals surface area contributed by atoms with Crippen molar-refractivity contribution in [3.05, 3.63) is 0 Å². The summed E-state index contributed by atoms with van der Waals surface area (Å²) >= 11 is 0. The molecular weight excluding hydrogens is 276 g/mol. The second-order valence-corrected chi connectivity index (χ2v) is 6.31. The van der Waals surface area contributed by atoms with Crippen molar-refractivity contribution in [3.8, 4) is 0 Å². The number of aliphatic hydroxyl groups excluding tert-OH is 1. The molecule has 1 amide bonds. The molecule has 0 saturated heterocycles. The quantitative estimate of drug-likeness (QED) is 0.383. The normalized spacial score (nSPS) is 12.3. The number of hydrogen-bond acceptors (Lipinski definition) is 3. The molecule has 0 fully saturated rings. The maximum atomic E-state index is 11.7. The number of carbonyl (C=O) groups is 1. The fourth-order valence-electron chi connectivity index (χ4n) is 2.53. The molecule has 132 valence electrons. The van der Waals surface area contributed by atoms with Crippen LogP contribution in [0.4, 0.5) is 0 Å². The summed E-state index contributed by atoms with van der Waals surface area (Å²) in [6, 6.07) is 0.282. The summed E-state index contributed by atoms with van der Waals surface area (Å²) in [4.78, 5) is 11.7. The molecule has 0 aromatic rings. The fraction of sp³-hybridized carbons (Fsp3) is 0.944. The number of hydrogen-bond donors (Lipinski definition) is 3. The Balaban J connectivity index is 3.33. The molecule has 0 aromatic heterocycles. The van der Waals surface area contributed by atoms with Crippen LogP contribution in [0.1, 0.15) is 84.5 Å². The van der Waals surface area contributed by atoms with E-state index in [0.717, 1.165) is 19.4 Å². The first-order valence-electron chi connectivity index (χ1n) is 9.31. The van der Waals surface area contributed by atoms with E-state index < -0.39 is 0 Å². The van der Waals surface area contributed by atoms with Gasteiger partial charge in [-0.15, -0.1) is 0 Å². The van der Waals surface area contributed by atoms with Gasteiger partial charge < -0.3 is 15.7 Å². The lowest BCUT2D eigenvalue weighted by molar-refractivity contribution is -0.121. The molecule has 0 aromatic carbocycles. The largest absolute Gasteiger partial charge is 0.396 e. The van der Waals surface area contributed by atoms with E-state index >= 15 is 0 Å². The molecule has 1 atom stereocenters. The molecule has 0 aliphatic heterocycles. The summed E-state index contributed by atoms with van der Waals surface area (Å²) in [7, 11) is 0. The summed E-state index contributed by atoms with van der Waals surface area (Å²) < 4.78 is 0. The van der Waals surface area contributed by atoms with Gasteiger partial charge in [0.15, 0.2) is 0 Å². The summed E-state index contributed by atoms with van der Waals surface area (Å²) in [5.41, 5.74) is 0. The van der Waals surface area contributed by atoms with E-state index in [1.165, 1.54) is 51.4 Å². The lowest BCUT2D eigenvalue weighted by Crippen LogP contribution is -2.34. The first kappa shape index (κ1) is 21.4. The highest BCUT2D eigenvalue weighted by molar-refractivity contribution is 5.76. The number of unbranched alkanes of at least 4 members (excludes halogenated alkanes) is 7. The van der Waals surface area contributed by atoms with Crippen molar-refractivity contribution >= 4 is 5.91 Å². The van der Waals surface area contributed by atoms with E-state index in [4.69, 9.17) is 5.11 Å². The third-order valence-corrected chi connectivity index (χ3v) is 3.94. The molecule has 0 saturated carbocycles. The number of amides is 1. The first-order chi connectivity index (χ1) is 10.7. The average molecular weight is 315 g/mol. The Morgan fingerprint density at radius 1 is 0.955 bits per heavy atom. The summed E-state index contributed by atoms with van der Waals surface area (Å²) in [5.74, 6) is 0.128. The van der Waals surface area contributed by atoms with E-state index in [0.29, 0.717) is 13.0 Å². The third-order valence-electron chi connectivity index (χ3n) is 3.94. The molecule has 0 bridgehead atoms. The van der Waals surface area contributed by atoms with Gasteiger partial charge >= 0.3 is 0 Å². The van der Waals surface area contributed by atoms with Crippen LogP contribution in [0.2, 0.25) is 0 Å². The van der Waals surface area contributed by atoms with Gasteiger partial charge in [0.2, 0.25) is 5.91 Å². The monoisotopic (exact) mass is 314 g/mol. The fourth-order valence-corrected chi connectivity index (χ4v) is 2.53. The number of nitrogens with one attached hydrogen (secondary N) is 2. The Morgan fingerprint density at radius 3 is 2.23 bits per heavy atom. The Bertz CT molecular complexity index is 247. The van der Waals surface area contributed by atoms with Crippen molar-refractivity contribution < 1.29 is 9.90 Å². The summed E-state index contributed by atoms with van der Waals surface area (Å²) in [6.45, 7) is 6.02. The SMILES string of the molecule is CCCCCCCCCCC(C)NC(=O)CCNCCCO. The number of aliphatic hydroxyl groups is 1. The molecule has 0 aliphatic rings. The van der Waals surface area contributed by atoms with Gasteiger partial charge in [0.05, 0.1) is 0 Å². The minimum Gasteiger partial charge on any atom is -0.396 e. The standard InChI is InChI=1S/C18H38N2O2/c1-3-4-5-6-7-8-9-10-12-17(2)20-18(22)13-15-19-14-11-16-21/h17,19,21H,3-16H2,1-2H3,(H,20,22). The van der Waals surface area contributed by atoms with Crippen LogP contribution < -0.4 is 10.6 Å². The maximum Gasteiger partial charge on any atom is 0.221 e. The van der Waals surface area contributed by atoms with Crippen molar-refractivity contribution in [1.82, 2.24) is 10.6 Å². The van der Waals surface area contributed by atoms with E-state index in [2.05, 4.69) is 24.5 Å². The summed E-state index contributed by atoms with van der Waals surface area (Å²) in [5, 5.41) is 14.9. The minimum atomic E-state index is 0.128. The second kappa shape index (κ2) is 16.8. The lowest BCUT2D eigenvalue weighted by atomic mass is 10.1. The molecule has 4 nitrogen and oxygen atoms in total. The van der Waals surface area contributed by atoms with Crippen LogP contribution in [0.3, 0.4) is 0 Å². The van der Waals surface area contributed by atoms with E-state index in [9.17, 15) is 4.79 Å². The van der Waals surface area contributed by atoms with Crippen LogP contribution in [0.5, 0.6) is 0 Å². The second-order valence-electron chi connectivity index (χ2n) is 6.31. The Morgan fingerprint density at radius 2 is 1.59 bits per heavy atom. The van der Waals surface area contributed by atoms with Gasteiger partial charge in [-0.05, 0) is 26.3 Å². The van der Waals surface area contributed by atoms with Crippen molar-refractivity contribution in [3.63, 3.8) is 0 Å². The van der Waals surface area contributed by atoms with Gasteiger partial charge in [-0.2, -0.15) is 0 Å². The van der Waals surface area contributed by atoms with Crippen molar-refractivity contribution in [2.75, 3.05) is 19.7 Å². The Hall–Kier alpha value is -0.610. The first-order valence-corrected chi connectivity index (χ1v) is 9.31. The van der Waals surface area contributed by atoms with Crippen LogP contribution >= 0.6 is 0 Å². The predicted molar refractivity (Wildman–Crippen MR) is 94.0 cm³/mol. The molecule has 0 radical (unpaired) electrons. The zero-order chi connectivity index (χ0) is 16.5. The maximum absolute atomic E-state index is 11.7. The highest BCUT2D eigenvalue weighted by Crippen LogP contribution is 2.10. The molecule has 3 N–H and O–H groups in total. The van der Waals surface area contributed by atoms with Crippen LogP contribution in [-0.2, 0) is 4.79 Å². The van der Waals surface area contributed by atoms with Crippen molar-refractivity contribution in [1.29, 1.82) is 0 Å². The topological polar surface area (TPSA) is 61.4 Å². The average Bonchev–Trinajstić information content (AvgIpc) is 2.49. The highest BCUT2D eigenvalue weighted by Gasteiger charge is 2.06. The highest BCUT2D eigenvalue weighted by atomic mass is 16.3. The van der Waals surface area contributed by atoms with Crippen molar-refractivity contribution in [2.45, 2.75) is 90.5 Å². The van der Waals surface area contributed by atoms with Gasteiger partial charge in [0, 0.05) is 25.6 Å². The molecule has 0 heterocycles. The number of carbonyl (C=O) groups excluding carboxylic acids is 1. The van der Waals surface area contributed by atoms with Crippen LogP contribution in [0.25, 0.3) is 0 Å². The van der Waals surface area contributed by atoms with Gasteiger partial charge in [0.1, 0.15) is 0 Å². The lowest BCUT2D eigenvalue weighted by Gasteiger charge is -2.14. The van der Waals surface area contributed by atoms with Crippen molar-refractivity contribution in [2.24, 2.45) is 0 Å². The molecule has 22 heavy (non-hydrogen) atoms. The number of rotatable bonds is 16. The van der Waals surface area contributed by atoms with E-state index in [1.54, 1.807) is 0 Å². The Labute approximate surface area is 137 Å².